The molecule has 10 nitrogen and oxygen atoms in total. The fraction of sp³-hybridized carbons (Fsp3) is 0.536. The Morgan fingerprint density at radius 3 is 2.48 bits per heavy atom. The molecular weight excluding hydrogens is 622 g/mol. The van der Waals surface area contributed by atoms with Gasteiger partial charge in [0.2, 0.25) is 0 Å². The van der Waals surface area contributed by atoms with Gasteiger partial charge in [-0.2, -0.15) is 0 Å². The Morgan fingerprint density at radius 2 is 1.86 bits per heavy atom. The number of hydrogen-bond donors (Lipinski definition) is 3. The number of nitrogens with zero attached hydrogens (tertiary/aromatic N) is 1. The standard InChI is InChI=1S/C14H11Cl2NO2.C14H27NO6.ClH.Na/c1-8-6-7-10(15)13(12(8)16)17-11-5-3-2-4-9(11)14(18)19;1-14(2)20-12-11(18-7-5-6-15(3)4)10(9(17)8-16)19-13(12)21-14;;/h2-7,17H,1H3,(H,18,19);9-13,16-17H,5-8H2,1-4H3;1H;/q;;;+1/p-1. The molecule has 2 aliphatic rings. The van der Waals surface area contributed by atoms with Gasteiger partial charge in [0.05, 0.1) is 28.3 Å². The Bertz CT molecular complexity index is 1160. The maximum absolute atomic E-state index is 11.0. The zero-order valence-electron chi connectivity index (χ0n) is 24.6. The Morgan fingerprint density at radius 1 is 1.19 bits per heavy atom. The maximum Gasteiger partial charge on any atom is 1.00 e. The Hall–Kier alpha value is -0.700. The van der Waals surface area contributed by atoms with E-state index in [1.165, 1.54) is 6.07 Å². The van der Waals surface area contributed by atoms with Crippen LogP contribution < -0.4 is 40.0 Å². The van der Waals surface area contributed by atoms with Crippen molar-refractivity contribution < 1.29 is 68.6 Å². The van der Waals surface area contributed by atoms with Crippen LogP contribution in [0.5, 0.6) is 0 Å². The van der Waals surface area contributed by atoms with E-state index in [0.717, 1.165) is 18.5 Å². The van der Waals surface area contributed by atoms with E-state index in [1.54, 1.807) is 30.3 Å². The van der Waals surface area contributed by atoms with E-state index in [1.807, 2.05) is 34.9 Å². The van der Waals surface area contributed by atoms with Gasteiger partial charge in [0.1, 0.15) is 24.4 Å². The first-order valence-electron chi connectivity index (χ1n) is 12.9. The van der Waals surface area contributed by atoms with Crippen molar-refractivity contribution in [3.63, 3.8) is 0 Å². The van der Waals surface area contributed by atoms with Crippen LogP contribution in [0.1, 0.15) is 36.2 Å². The number of anilines is 2. The van der Waals surface area contributed by atoms with Crippen molar-refractivity contribution in [3.8, 4) is 0 Å². The van der Waals surface area contributed by atoms with Crippen LogP contribution >= 0.6 is 35.6 Å². The summed E-state index contributed by atoms with van der Waals surface area (Å²) in [5, 5.41) is 33.9. The molecule has 0 spiro atoms. The van der Waals surface area contributed by atoms with Crippen LogP contribution in [-0.4, -0.2) is 91.4 Å². The molecule has 0 radical (unpaired) electrons. The molecule has 2 aromatic carbocycles. The Balaban J connectivity index is 0.000000403. The third-order valence-electron chi connectivity index (χ3n) is 6.34. The molecule has 5 unspecified atom stereocenters. The fourth-order valence-corrected chi connectivity index (χ4v) is 4.85. The monoisotopic (exact) mass is 658 g/mol. The quantitative estimate of drug-likeness (QED) is 0.243. The summed E-state index contributed by atoms with van der Waals surface area (Å²) < 4.78 is 23.0. The van der Waals surface area contributed by atoms with E-state index in [2.05, 4.69) is 10.2 Å². The molecule has 2 aliphatic heterocycles. The maximum atomic E-state index is 11.0. The number of hydrogen-bond acceptors (Lipinski definition) is 10. The van der Waals surface area contributed by atoms with E-state index in [-0.39, 0.29) is 60.2 Å². The van der Waals surface area contributed by atoms with Gasteiger partial charge < -0.3 is 49.3 Å². The number of halogens is 3. The first-order valence-corrected chi connectivity index (χ1v) is 13.7. The third kappa shape index (κ3) is 10.4. The number of ether oxygens (including phenoxy) is 4. The Kier molecular flexibility index (Phi) is 16.6. The summed E-state index contributed by atoms with van der Waals surface area (Å²) in [6, 6.07) is 9.91. The van der Waals surface area contributed by atoms with Crippen LogP contribution in [0.4, 0.5) is 11.4 Å². The van der Waals surface area contributed by atoms with Crippen LogP contribution in [0, 0.1) is 6.92 Å². The summed E-state index contributed by atoms with van der Waals surface area (Å²) in [5.74, 6) is -1.99. The van der Waals surface area contributed by atoms with Crippen LogP contribution in [0.2, 0.25) is 10.0 Å². The van der Waals surface area contributed by atoms with Crippen LogP contribution in [0.25, 0.3) is 0 Å². The number of carbonyl (C=O) groups excluding carboxylic acids is 1. The molecule has 2 fully saturated rings. The molecule has 14 heteroatoms. The average Bonchev–Trinajstić information content (AvgIpc) is 3.38. The van der Waals surface area contributed by atoms with Gasteiger partial charge in [0.25, 0.3) is 0 Å². The van der Waals surface area contributed by atoms with Crippen molar-refractivity contribution in [2.45, 2.75) is 63.7 Å². The summed E-state index contributed by atoms with van der Waals surface area (Å²) in [6.07, 6.45) is -2.17. The average molecular weight is 660 g/mol. The first kappa shape index (κ1) is 39.3. The van der Waals surface area contributed by atoms with E-state index in [4.69, 9.17) is 47.3 Å². The summed E-state index contributed by atoms with van der Waals surface area (Å²) in [5.41, 5.74) is 1.77. The number of carbonyl (C=O) groups is 1. The van der Waals surface area contributed by atoms with Crippen molar-refractivity contribution in [2.24, 2.45) is 0 Å². The van der Waals surface area contributed by atoms with Gasteiger partial charge in [-0.3, -0.25) is 0 Å². The number of rotatable bonds is 10. The summed E-state index contributed by atoms with van der Waals surface area (Å²) in [4.78, 5) is 13.1. The molecule has 2 heterocycles. The molecule has 5 atom stereocenters. The van der Waals surface area contributed by atoms with Gasteiger partial charge in [-0.25, -0.2) is 0 Å². The van der Waals surface area contributed by atoms with E-state index in [0.29, 0.717) is 28.0 Å². The van der Waals surface area contributed by atoms with Gasteiger partial charge in [0.15, 0.2) is 12.1 Å². The number of fused-ring (bicyclic) bond motifs is 1. The summed E-state index contributed by atoms with van der Waals surface area (Å²) in [7, 11) is 4.01. The predicted molar refractivity (Wildman–Crippen MR) is 157 cm³/mol. The van der Waals surface area contributed by atoms with Gasteiger partial charge in [-0.05, 0) is 65.5 Å². The minimum atomic E-state index is -1.26. The number of carboxylic acids is 1. The van der Waals surface area contributed by atoms with Crippen molar-refractivity contribution in [1.82, 2.24) is 4.90 Å². The van der Waals surface area contributed by atoms with E-state index in [9.17, 15) is 15.0 Å². The number of nitrogens with one attached hydrogen (secondary N) is 1. The molecule has 0 saturated carbocycles. The second kappa shape index (κ2) is 17.7. The molecule has 230 valence electrons. The van der Waals surface area contributed by atoms with Gasteiger partial charge in [0, 0.05) is 17.9 Å². The van der Waals surface area contributed by atoms with Crippen molar-refractivity contribution >= 4 is 53.0 Å². The van der Waals surface area contributed by atoms with Gasteiger partial charge >= 0.3 is 29.6 Å². The molecule has 42 heavy (non-hydrogen) atoms. The van der Waals surface area contributed by atoms with Crippen molar-refractivity contribution in [3.05, 3.63) is 57.6 Å². The molecular formula is C28H38Cl3N2NaO8. The molecule has 0 bridgehead atoms. The van der Waals surface area contributed by atoms with Crippen LogP contribution in [0.3, 0.4) is 0 Å². The SMILES string of the molecule is CN(C)CCCOC1C(C(O)CO)OC2OC(C)(C)OC21.Cc1ccc(Cl)c(Nc2ccccc2C(=O)[O-])c1Cl.Cl.[Na+]. The fourth-order valence-electron chi connectivity index (χ4n) is 4.38. The molecule has 2 aromatic rings. The second-order valence-electron chi connectivity index (χ2n) is 10.3. The number of aliphatic hydroxyl groups is 2. The third-order valence-corrected chi connectivity index (χ3v) is 7.15. The van der Waals surface area contributed by atoms with E-state index >= 15 is 0 Å². The van der Waals surface area contributed by atoms with Crippen molar-refractivity contribution in [1.29, 1.82) is 0 Å². The number of carboxylic acid groups (broad SMARTS) is 1. The minimum absolute atomic E-state index is 0. The zero-order chi connectivity index (χ0) is 29.6. The molecule has 4 rings (SSSR count). The molecule has 3 N–H and O–H groups in total. The number of para-hydroxylation sites is 1. The van der Waals surface area contributed by atoms with Gasteiger partial charge in [-0.1, -0.05) is 47.5 Å². The smallest absolute Gasteiger partial charge is 0.545 e. The molecule has 0 aliphatic carbocycles. The summed E-state index contributed by atoms with van der Waals surface area (Å²) >= 11 is 12.2. The number of aliphatic hydroxyl groups excluding tert-OH is 2. The molecule has 0 amide bonds. The normalized spacial score (nSPS) is 22.7. The number of aromatic carboxylic acids is 1. The largest absolute Gasteiger partial charge is 1.00 e. The topological polar surface area (TPSA) is 133 Å². The van der Waals surface area contributed by atoms with E-state index < -0.39 is 36.4 Å². The first-order chi connectivity index (χ1) is 18.8. The minimum Gasteiger partial charge on any atom is -0.545 e. The second-order valence-corrected chi connectivity index (χ2v) is 11.1. The molecule has 2 saturated heterocycles. The number of benzene rings is 2. The van der Waals surface area contributed by atoms with Crippen LogP contribution in [-0.2, 0) is 18.9 Å². The number of aryl methyl sites for hydroxylation is 1. The van der Waals surface area contributed by atoms with Crippen LogP contribution in [0.15, 0.2) is 36.4 Å². The Labute approximate surface area is 285 Å². The molecule has 0 aromatic heterocycles. The van der Waals surface area contributed by atoms with Crippen molar-refractivity contribution in [2.75, 3.05) is 39.2 Å². The predicted octanol–water partition coefficient (Wildman–Crippen LogP) is 0.388. The summed E-state index contributed by atoms with van der Waals surface area (Å²) in [6.45, 7) is 6.54. The van der Waals surface area contributed by atoms with Gasteiger partial charge in [-0.15, -0.1) is 12.4 Å². The zero-order valence-corrected chi connectivity index (χ0v) is 29.0.